The van der Waals surface area contributed by atoms with E-state index in [0.29, 0.717) is 33.4 Å². The minimum Gasteiger partial charge on any atom is -0.486 e. The molecule has 1 aliphatic heterocycles. The molecule has 0 amide bonds. The third-order valence-corrected chi connectivity index (χ3v) is 5.59. The standard InChI is InChI=1S/C19H20BCl2N3O4/c1-11(18-14(21)9-23-10-15(18)22)29-12-5-6-16-13(8-12)19(20(26)27)24-25(16)17-4-2-3-7-28-17/h5-6,8-11,17,26-27H,2-4,7H2,1H3/t11-,17?/m1/s1. The summed E-state index contributed by atoms with van der Waals surface area (Å²) in [5, 5.41) is 25.5. The number of hydrogen-bond acceptors (Lipinski definition) is 6. The normalized spacial score (nSPS) is 18.0. The van der Waals surface area contributed by atoms with Crippen LogP contribution >= 0.6 is 23.2 Å². The fourth-order valence-corrected chi connectivity index (χ4v) is 4.29. The molecule has 0 saturated carbocycles. The Morgan fingerprint density at radius 2 is 2.00 bits per heavy atom. The van der Waals surface area contributed by atoms with Crippen LogP contribution < -0.4 is 10.3 Å². The molecule has 1 aromatic carbocycles. The number of fused-ring (bicyclic) bond motifs is 1. The van der Waals surface area contributed by atoms with Gasteiger partial charge in [-0.3, -0.25) is 4.98 Å². The van der Waals surface area contributed by atoms with Crippen molar-refractivity contribution in [2.75, 3.05) is 6.61 Å². The lowest BCUT2D eigenvalue weighted by atomic mass is 9.84. The molecule has 2 aromatic heterocycles. The minimum absolute atomic E-state index is 0.159. The van der Waals surface area contributed by atoms with Crippen LogP contribution in [0.25, 0.3) is 10.9 Å². The predicted molar refractivity (Wildman–Crippen MR) is 112 cm³/mol. The van der Waals surface area contributed by atoms with E-state index in [4.69, 9.17) is 32.7 Å². The van der Waals surface area contributed by atoms with Crippen LogP contribution in [0, 0.1) is 0 Å². The SMILES string of the molecule is C[C@@H](Oc1ccc2c(c1)c(B(O)O)nn2C1CCCCO1)c1c(Cl)cncc1Cl. The van der Waals surface area contributed by atoms with Crippen LogP contribution in [0.1, 0.15) is 44.1 Å². The van der Waals surface area contributed by atoms with E-state index >= 15 is 0 Å². The van der Waals surface area contributed by atoms with Crippen molar-refractivity contribution < 1.29 is 19.5 Å². The van der Waals surface area contributed by atoms with E-state index < -0.39 is 13.2 Å². The number of hydrogen-bond donors (Lipinski definition) is 2. The summed E-state index contributed by atoms with van der Waals surface area (Å²) in [4.78, 5) is 3.96. The molecular weight excluding hydrogens is 416 g/mol. The highest BCUT2D eigenvalue weighted by Gasteiger charge is 2.26. The summed E-state index contributed by atoms with van der Waals surface area (Å²) in [7, 11) is -1.71. The van der Waals surface area contributed by atoms with Crippen molar-refractivity contribution in [1.29, 1.82) is 0 Å². The second-order valence-electron chi connectivity index (χ2n) is 6.98. The van der Waals surface area contributed by atoms with Crippen molar-refractivity contribution in [1.82, 2.24) is 14.8 Å². The molecule has 0 radical (unpaired) electrons. The third kappa shape index (κ3) is 4.08. The first-order valence-corrected chi connectivity index (χ1v) is 10.2. The molecule has 10 heteroatoms. The minimum atomic E-state index is -1.71. The molecule has 0 spiro atoms. The van der Waals surface area contributed by atoms with Crippen LogP contribution in [-0.4, -0.2) is 38.5 Å². The second-order valence-corrected chi connectivity index (χ2v) is 7.79. The van der Waals surface area contributed by atoms with Gasteiger partial charge in [-0.1, -0.05) is 23.2 Å². The van der Waals surface area contributed by atoms with Crippen LogP contribution in [0.3, 0.4) is 0 Å². The van der Waals surface area contributed by atoms with Crippen LogP contribution in [0.4, 0.5) is 0 Å². The number of ether oxygens (including phenoxy) is 2. The number of halogens is 2. The molecule has 1 fully saturated rings. The highest BCUT2D eigenvalue weighted by Crippen LogP contribution is 2.33. The Bertz CT molecular complexity index is 1000. The summed E-state index contributed by atoms with van der Waals surface area (Å²) < 4.78 is 13.6. The molecule has 0 bridgehead atoms. The van der Waals surface area contributed by atoms with Gasteiger partial charge in [-0.25, -0.2) is 4.68 Å². The molecule has 4 rings (SSSR count). The topological polar surface area (TPSA) is 89.6 Å². The van der Waals surface area contributed by atoms with Gasteiger partial charge in [0.1, 0.15) is 17.4 Å². The first-order chi connectivity index (χ1) is 14.0. The van der Waals surface area contributed by atoms with Crippen molar-refractivity contribution >= 4 is 46.8 Å². The molecule has 3 heterocycles. The molecule has 29 heavy (non-hydrogen) atoms. The first-order valence-electron chi connectivity index (χ1n) is 9.41. The van der Waals surface area contributed by atoms with Gasteiger partial charge in [-0.2, -0.15) is 5.10 Å². The number of pyridine rings is 1. The van der Waals surface area contributed by atoms with Crippen LogP contribution in [0.2, 0.25) is 10.0 Å². The maximum Gasteiger partial charge on any atom is 0.510 e. The smallest absolute Gasteiger partial charge is 0.486 e. The van der Waals surface area contributed by atoms with E-state index in [1.54, 1.807) is 16.8 Å². The van der Waals surface area contributed by atoms with E-state index in [1.807, 2.05) is 13.0 Å². The van der Waals surface area contributed by atoms with Crippen LogP contribution in [0.15, 0.2) is 30.6 Å². The Labute approximate surface area is 178 Å². The fourth-order valence-electron chi connectivity index (χ4n) is 3.62. The lowest BCUT2D eigenvalue weighted by Crippen LogP contribution is -2.33. The van der Waals surface area contributed by atoms with Gasteiger partial charge in [-0.15, -0.1) is 0 Å². The third-order valence-electron chi connectivity index (χ3n) is 4.99. The number of aromatic nitrogens is 3. The average molecular weight is 436 g/mol. The molecular formula is C19H20BCl2N3O4. The van der Waals surface area contributed by atoms with Gasteiger partial charge in [0, 0.05) is 30.0 Å². The Balaban J connectivity index is 1.69. The Kier molecular flexibility index (Phi) is 5.99. The zero-order chi connectivity index (χ0) is 20.5. The Morgan fingerprint density at radius 1 is 1.24 bits per heavy atom. The highest BCUT2D eigenvalue weighted by atomic mass is 35.5. The van der Waals surface area contributed by atoms with E-state index in [2.05, 4.69) is 10.1 Å². The van der Waals surface area contributed by atoms with Crippen molar-refractivity contribution in [2.45, 2.75) is 38.5 Å². The summed E-state index contributed by atoms with van der Waals surface area (Å²) in [6, 6.07) is 5.37. The average Bonchev–Trinajstić information content (AvgIpc) is 3.07. The van der Waals surface area contributed by atoms with E-state index in [0.717, 1.165) is 24.8 Å². The first kappa shape index (κ1) is 20.4. The summed E-state index contributed by atoms with van der Waals surface area (Å²) in [5.74, 6) is 0.528. The predicted octanol–water partition coefficient (Wildman–Crippen LogP) is 3.26. The van der Waals surface area contributed by atoms with Gasteiger partial charge < -0.3 is 19.5 Å². The second kappa shape index (κ2) is 8.49. The Morgan fingerprint density at radius 3 is 2.66 bits per heavy atom. The van der Waals surface area contributed by atoms with Crippen molar-refractivity contribution in [2.24, 2.45) is 0 Å². The summed E-state index contributed by atoms with van der Waals surface area (Å²) in [6.07, 6.45) is 5.25. The van der Waals surface area contributed by atoms with Gasteiger partial charge in [0.05, 0.1) is 15.6 Å². The van der Waals surface area contributed by atoms with Gasteiger partial charge in [0.15, 0.2) is 6.23 Å². The molecule has 2 N–H and O–H groups in total. The molecule has 152 valence electrons. The van der Waals surface area contributed by atoms with Crippen molar-refractivity contribution in [3.05, 3.63) is 46.2 Å². The molecule has 7 nitrogen and oxygen atoms in total. The van der Waals surface area contributed by atoms with Crippen LogP contribution in [-0.2, 0) is 4.74 Å². The van der Waals surface area contributed by atoms with Crippen LogP contribution in [0.5, 0.6) is 5.75 Å². The van der Waals surface area contributed by atoms with Gasteiger partial charge in [-0.05, 0) is 44.4 Å². The molecule has 3 aromatic rings. The maximum absolute atomic E-state index is 9.81. The summed E-state index contributed by atoms with van der Waals surface area (Å²) in [6.45, 7) is 2.49. The monoisotopic (exact) mass is 435 g/mol. The lowest BCUT2D eigenvalue weighted by molar-refractivity contribution is -0.0364. The Hall–Kier alpha value is -1.84. The van der Waals surface area contributed by atoms with Gasteiger partial charge in [0.2, 0.25) is 0 Å². The van der Waals surface area contributed by atoms with E-state index in [-0.39, 0.29) is 11.8 Å². The zero-order valence-corrected chi connectivity index (χ0v) is 17.3. The van der Waals surface area contributed by atoms with E-state index in [1.165, 1.54) is 12.4 Å². The quantitative estimate of drug-likeness (QED) is 0.598. The molecule has 1 unspecified atom stereocenters. The van der Waals surface area contributed by atoms with Crippen molar-refractivity contribution in [3.8, 4) is 5.75 Å². The van der Waals surface area contributed by atoms with Gasteiger partial charge >= 0.3 is 7.12 Å². The molecule has 1 aliphatic rings. The largest absolute Gasteiger partial charge is 0.510 e. The number of rotatable bonds is 5. The zero-order valence-electron chi connectivity index (χ0n) is 15.8. The highest BCUT2D eigenvalue weighted by molar-refractivity contribution is 6.60. The summed E-state index contributed by atoms with van der Waals surface area (Å²) in [5.41, 5.74) is 1.55. The number of benzene rings is 1. The molecule has 1 saturated heterocycles. The molecule has 2 atom stereocenters. The van der Waals surface area contributed by atoms with E-state index in [9.17, 15) is 10.0 Å². The fraction of sp³-hybridized carbons (Fsp3) is 0.368. The number of nitrogens with zero attached hydrogens (tertiary/aromatic N) is 3. The lowest BCUT2D eigenvalue weighted by Gasteiger charge is -2.23. The van der Waals surface area contributed by atoms with Gasteiger partial charge in [0.25, 0.3) is 0 Å². The van der Waals surface area contributed by atoms with Crippen molar-refractivity contribution in [3.63, 3.8) is 0 Å². The summed E-state index contributed by atoms with van der Waals surface area (Å²) >= 11 is 12.4. The molecule has 0 aliphatic carbocycles. The maximum atomic E-state index is 9.81.